The van der Waals surface area contributed by atoms with Crippen LogP contribution in [0.3, 0.4) is 0 Å². The normalized spacial score (nSPS) is 14.7. The third-order valence-corrected chi connectivity index (χ3v) is 6.07. The Kier molecular flexibility index (Phi) is 6.23. The molecule has 2 N–H and O–H groups in total. The third-order valence-electron chi connectivity index (χ3n) is 6.07. The Balaban J connectivity index is 2.99. The number of unbranched alkanes of at least 4 members (excludes halogenated alkanes) is 1. The summed E-state index contributed by atoms with van der Waals surface area (Å²) in [6, 6.07) is 11.9. The molecule has 0 amide bonds. The fourth-order valence-electron chi connectivity index (χ4n) is 4.55. The molecule has 0 bridgehead atoms. The lowest BCUT2D eigenvalue weighted by Crippen LogP contribution is -2.42. The van der Waals surface area contributed by atoms with Gasteiger partial charge >= 0.3 is 0 Å². The van der Waals surface area contributed by atoms with E-state index in [4.69, 9.17) is 0 Å². The largest absolute Gasteiger partial charge is 0.508 e. The number of aryl methyl sites for hydroxylation is 1. The molecule has 154 valence electrons. The average Bonchev–Trinajstić information content (AvgIpc) is 2.57. The van der Waals surface area contributed by atoms with E-state index in [0.29, 0.717) is 11.5 Å². The van der Waals surface area contributed by atoms with Crippen LogP contribution in [0, 0.1) is 12.3 Å². The molecule has 2 aromatic carbocycles. The van der Waals surface area contributed by atoms with Gasteiger partial charge in [-0.2, -0.15) is 0 Å². The maximum Gasteiger partial charge on any atom is 0.123 e. The highest BCUT2D eigenvalue weighted by molar-refractivity contribution is 5.57. The first-order chi connectivity index (χ1) is 12.9. The highest BCUT2D eigenvalue weighted by Crippen LogP contribution is 2.56. The summed E-state index contributed by atoms with van der Waals surface area (Å²) >= 11 is 0. The number of rotatable bonds is 5. The van der Waals surface area contributed by atoms with Crippen molar-refractivity contribution in [3.05, 3.63) is 58.7 Å². The Labute approximate surface area is 171 Å². The van der Waals surface area contributed by atoms with Crippen LogP contribution in [0.5, 0.6) is 11.5 Å². The van der Waals surface area contributed by atoms with Gasteiger partial charge in [-0.25, -0.2) is 0 Å². The van der Waals surface area contributed by atoms with Crippen LogP contribution < -0.4 is 0 Å². The van der Waals surface area contributed by atoms with Crippen LogP contribution in [0.1, 0.15) is 90.0 Å². The lowest BCUT2D eigenvalue weighted by molar-refractivity contribution is 0.197. The van der Waals surface area contributed by atoms with Crippen LogP contribution in [-0.4, -0.2) is 10.2 Å². The van der Waals surface area contributed by atoms with Crippen molar-refractivity contribution < 1.29 is 10.2 Å². The molecule has 0 fully saturated rings. The van der Waals surface area contributed by atoms with E-state index >= 15 is 0 Å². The van der Waals surface area contributed by atoms with Crippen molar-refractivity contribution in [2.75, 3.05) is 0 Å². The van der Waals surface area contributed by atoms with E-state index in [1.54, 1.807) is 6.07 Å². The van der Waals surface area contributed by atoms with Crippen molar-refractivity contribution in [1.82, 2.24) is 0 Å². The van der Waals surface area contributed by atoms with Crippen molar-refractivity contribution >= 4 is 0 Å². The molecule has 2 aromatic rings. The van der Waals surface area contributed by atoms with E-state index in [-0.39, 0.29) is 10.8 Å². The average molecular weight is 383 g/mol. The molecule has 1 unspecified atom stereocenters. The predicted octanol–water partition coefficient (Wildman–Crippen LogP) is 7.23. The van der Waals surface area contributed by atoms with Gasteiger partial charge in [0.2, 0.25) is 0 Å². The van der Waals surface area contributed by atoms with Crippen LogP contribution in [0.25, 0.3) is 0 Å². The molecular formula is C26H38O2. The fourth-order valence-corrected chi connectivity index (χ4v) is 4.55. The van der Waals surface area contributed by atoms with E-state index in [1.165, 1.54) is 0 Å². The quantitative estimate of drug-likeness (QED) is 0.573. The SMILES string of the molecule is CCCCC(c1ccccc1O)(c1cc(C)cc(C(C)(C)C)c1O)C(C)(C)C. The highest BCUT2D eigenvalue weighted by atomic mass is 16.3. The molecule has 2 heteroatoms. The first kappa shape index (κ1) is 22.3. The number of hydrogen-bond acceptors (Lipinski definition) is 2. The fraction of sp³-hybridized carbons (Fsp3) is 0.538. The van der Waals surface area contributed by atoms with Crippen molar-refractivity contribution in [3.63, 3.8) is 0 Å². The van der Waals surface area contributed by atoms with E-state index in [0.717, 1.165) is 41.5 Å². The topological polar surface area (TPSA) is 40.5 Å². The Bertz CT molecular complexity index is 821. The lowest BCUT2D eigenvalue weighted by Gasteiger charge is -2.47. The van der Waals surface area contributed by atoms with Crippen LogP contribution >= 0.6 is 0 Å². The number of phenolic OH excluding ortho intramolecular Hbond substituents is 2. The summed E-state index contributed by atoms with van der Waals surface area (Å²) in [5.41, 5.74) is 3.06. The summed E-state index contributed by atoms with van der Waals surface area (Å²) in [5, 5.41) is 22.4. The summed E-state index contributed by atoms with van der Waals surface area (Å²) in [4.78, 5) is 0. The summed E-state index contributed by atoms with van der Waals surface area (Å²) < 4.78 is 0. The Morgan fingerprint density at radius 1 is 0.821 bits per heavy atom. The maximum atomic E-state index is 11.5. The number of para-hydroxylation sites is 1. The molecule has 0 aliphatic carbocycles. The zero-order valence-corrected chi connectivity index (χ0v) is 19.0. The first-order valence-electron chi connectivity index (χ1n) is 10.5. The van der Waals surface area contributed by atoms with E-state index < -0.39 is 5.41 Å². The Morgan fingerprint density at radius 3 is 1.89 bits per heavy atom. The van der Waals surface area contributed by atoms with Crippen LogP contribution in [-0.2, 0) is 10.8 Å². The molecule has 0 aliphatic heterocycles. The minimum Gasteiger partial charge on any atom is -0.508 e. The first-order valence-corrected chi connectivity index (χ1v) is 10.5. The van der Waals surface area contributed by atoms with Gasteiger partial charge < -0.3 is 10.2 Å². The molecule has 0 saturated heterocycles. The minimum atomic E-state index is -0.496. The van der Waals surface area contributed by atoms with Crippen molar-refractivity contribution in [2.24, 2.45) is 5.41 Å². The monoisotopic (exact) mass is 382 g/mol. The molecule has 0 aliphatic rings. The molecule has 0 heterocycles. The Hall–Kier alpha value is -1.96. The molecule has 28 heavy (non-hydrogen) atoms. The van der Waals surface area contributed by atoms with Gasteiger partial charge in [-0.05, 0) is 35.8 Å². The molecule has 2 rings (SSSR count). The van der Waals surface area contributed by atoms with Gasteiger partial charge in [-0.3, -0.25) is 0 Å². The molecule has 0 radical (unpaired) electrons. The van der Waals surface area contributed by atoms with E-state index in [1.807, 2.05) is 18.2 Å². The molecular weight excluding hydrogens is 344 g/mol. The maximum absolute atomic E-state index is 11.5. The minimum absolute atomic E-state index is 0.169. The van der Waals surface area contributed by atoms with Gasteiger partial charge in [0, 0.05) is 16.5 Å². The second-order valence-corrected chi connectivity index (χ2v) is 10.2. The second-order valence-electron chi connectivity index (χ2n) is 10.2. The van der Waals surface area contributed by atoms with Gasteiger partial charge in [0.25, 0.3) is 0 Å². The zero-order chi connectivity index (χ0) is 21.3. The van der Waals surface area contributed by atoms with Crippen LogP contribution in [0.2, 0.25) is 0 Å². The number of aromatic hydroxyl groups is 2. The zero-order valence-electron chi connectivity index (χ0n) is 19.0. The lowest BCUT2D eigenvalue weighted by atomic mass is 9.56. The smallest absolute Gasteiger partial charge is 0.123 e. The molecule has 1 atom stereocenters. The van der Waals surface area contributed by atoms with Crippen LogP contribution in [0.4, 0.5) is 0 Å². The Morgan fingerprint density at radius 2 is 1.39 bits per heavy atom. The standard InChI is InChI=1S/C26H38O2/c1-9-10-15-26(25(6,7)8,19-13-11-12-14-22(19)27)21-17-18(2)16-20(23(21)28)24(3,4)5/h11-14,16-17,27-28H,9-10,15H2,1-8H3. The van der Waals surface area contributed by atoms with Gasteiger partial charge in [0.05, 0.1) is 0 Å². The van der Waals surface area contributed by atoms with Crippen molar-refractivity contribution in [3.8, 4) is 11.5 Å². The van der Waals surface area contributed by atoms with Crippen LogP contribution in [0.15, 0.2) is 36.4 Å². The van der Waals surface area contributed by atoms with Gasteiger partial charge in [0.1, 0.15) is 11.5 Å². The highest BCUT2D eigenvalue weighted by Gasteiger charge is 2.48. The van der Waals surface area contributed by atoms with Crippen molar-refractivity contribution in [1.29, 1.82) is 0 Å². The number of hydrogen-bond donors (Lipinski definition) is 2. The molecule has 2 nitrogen and oxygen atoms in total. The summed E-state index contributed by atoms with van der Waals surface area (Å²) in [7, 11) is 0. The van der Waals surface area contributed by atoms with Gasteiger partial charge in [0.15, 0.2) is 0 Å². The van der Waals surface area contributed by atoms with Gasteiger partial charge in [-0.15, -0.1) is 0 Å². The van der Waals surface area contributed by atoms with E-state index in [9.17, 15) is 10.2 Å². The molecule has 0 saturated carbocycles. The number of phenols is 2. The van der Waals surface area contributed by atoms with E-state index in [2.05, 4.69) is 67.5 Å². The number of benzene rings is 2. The molecule has 0 spiro atoms. The second kappa shape index (κ2) is 7.81. The van der Waals surface area contributed by atoms with Crippen molar-refractivity contribution in [2.45, 2.75) is 85.5 Å². The summed E-state index contributed by atoms with van der Waals surface area (Å²) in [5.74, 6) is 0.666. The summed E-state index contributed by atoms with van der Waals surface area (Å²) in [6.07, 6.45) is 2.94. The summed E-state index contributed by atoms with van der Waals surface area (Å²) in [6.45, 7) is 17.3. The predicted molar refractivity (Wildman–Crippen MR) is 119 cm³/mol. The molecule has 0 aromatic heterocycles. The third kappa shape index (κ3) is 3.92. The van der Waals surface area contributed by atoms with Gasteiger partial charge in [-0.1, -0.05) is 97.2 Å².